The van der Waals surface area contributed by atoms with Crippen molar-refractivity contribution in [2.45, 2.75) is 70.4 Å². The van der Waals surface area contributed by atoms with E-state index in [1.165, 1.54) is 25.7 Å². The zero-order valence-corrected chi connectivity index (χ0v) is 12.8. The molecule has 0 unspecified atom stereocenters. The van der Waals surface area contributed by atoms with Gasteiger partial charge in [-0.05, 0) is 51.6 Å². The molecule has 1 aliphatic heterocycles. The molecule has 1 atom stereocenters. The van der Waals surface area contributed by atoms with Gasteiger partial charge in [-0.1, -0.05) is 25.7 Å². The van der Waals surface area contributed by atoms with E-state index >= 15 is 0 Å². The van der Waals surface area contributed by atoms with E-state index < -0.39 is 0 Å². The van der Waals surface area contributed by atoms with Crippen molar-refractivity contribution in [3.63, 3.8) is 0 Å². The van der Waals surface area contributed by atoms with Crippen LogP contribution >= 0.6 is 0 Å². The van der Waals surface area contributed by atoms with Gasteiger partial charge in [0.15, 0.2) is 0 Å². The Hall–Kier alpha value is -0.610. The molecule has 1 heterocycles. The first-order valence-electron chi connectivity index (χ1n) is 8.36. The van der Waals surface area contributed by atoms with Crippen molar-refractivity contribution in [3.05, 3.63) is 0 Å². The molecule has 1 saturated carbocycles. The van der Waals surface area contributed by atoms with Crippen LogP contribution in [0.25, 0.3) is 0 Å². The summed E-state index contributed by atoms with van der Waals surface area (Å²) in [5.41, 5.74) is 0. The maximum absolute atomic E-state index is 12.4. The molecule has 1 amide bonds. The standard InChI is InChI=1S/C16H30N2O2/c1-13(18-10-8-14(12-19)9-11-18)16(20)17-15-6-4-2-3-5-7-15/h13-15,19H,2-12H2,1H3,(H,17,20)/t13-/m1/s1. The van der Waals surface area contributed by atoms with E-state index in [4.69, 9.17) is 0 Å². The number of carbonyl (C=O) groups is 1. The first kappa shape index (κ1) is 15.8. The van der Waals surface area contributed by atoms with Crippen molar-refractivity contribution >= 4 is 5.91 Å². The van der Waals surface area contributed by atoms with Crippen LogP contribution in [0.2, 0.25) is 0 Å². The van der Waals surface area contributed by atoms with Gasteiger partial charge in [0, 0.05) is 12.6 Å². The molecule has 20 heavy (non-hydrogen) atoms. The van der Waals surface area contributed by atoms with Crippen LogP contribution in [-0.4, -0.2) is 47.7 Å². The van der Waals surface area contributed by atoms with Gasteiger partial charge in [0.1, 0.15) is 0 Å². The van der Waals surface area contributed by atoms with Crippen LogP contribution in [0, 0.1) is 5.92 Å². The Labute approximate surface area is 122 Å². The fraction of sp³-hybridized carbons (Fsp3) is 0.938. The van der Waals surface area contributed by atoms with E-state index in [1.54, 1.807) is 0 Å². The van der Waals surface area contributed by atoms with Gasteiger partial charge in [0.05, 0.1) is 6.04 Å². The molecule has 0 aromatic heterocycles. The van der Waals surface area contributed by atoms with Crippen LogP contribution < -0.4 is 5.32 Å². The molecule has 0 radical (unpaired) electrons. The van der Waals surface area contributed by atoms with Gasteiger partial charge in [0.25, 0.3) is 0 Å². The average molecular weight is 282 g/mol. The van der Waals surface area contributed by atoms with E-state index in [2.05, 4.69) is 10.2 Å². The van der Waals surface area contributed by atoms with Crippen LogP contribution in [0.3, 0.4) is 0 Å². The Morgan fingerprint density at radius 1 is 1.15 bits per heavy atom. The lowest BCUT2D eigenvalue weighted by Crippen LogP contribution is -2.50. The fourth-order valence-electron chi connectivity index (χ4n) is 3.43. The summed E-state index contributed by atoms with van der Waals surface area (Å²) in [5.74, 6) is 0.628. The summed E-state index contributed by atoms with van der Waals surface area (Å²) in [7, 11) is 0. The Morgan fingerprint density at radius 3 is 2.30 bits per heavy atom. The van der Waals surface area contributed by atoms with E-state index in [0.29, 0.717) is 12.0 Å². The summed E-state index contributed by atoms with van der Waals surface area (Å²) in [6.45, 7) is 4.18. The number of rotatable bonds is 4. The molecule has 0 spiro atoms. The summed E-state index contributed by atoms with van der Waals surface area (Å²) in [6.07, 6.45) is 9.45. The lowest BCUT2D eigenvalue weighted by Gasteiger charge is -2.35. The van der Waals surface area contributed by atoms with Gasteiger partial charge < -0.3 is 10.4 Å². The smallest absolute Gasteiger partial charge is 0.237 e. The van der Waals surface area contributed by atoms with Crippen LogP contribution in [-0.2, 0) is 4.79 Å². The van der Waals surface area contributed by atoms with Gasteiger partial charge in [-0.15, -0.1) is 0 Å². The molecule has 0 aromatic carbocycles. The molecule has 0 bridgehead atoms. The molecule has 4 heteroatoms. The molecule has 2 aliphatic rings. The van der Waals surface area contributed by atoms with Crippen molar-refractivity contribution in [1.29, 1.82) is 0 Å². The Kier molecular flexibility index (Phi) is 6.30. The molecule has 1 saturated heterocycles. The van der Waals surface area contributed by atoms with Crippen LogP contribution in [0.5, 0.6) is 0 Å². The minimum atomic E-state index is -0.0297. The van der Waals surface area contributed by atoms with Gasteiger partial charge in [-0.25, -0.2) is 0 Å². The molecule has 2 rings (SSSR count). The quantitative estimate of drug-likeness (QED) is 0.775. The second-order valence-electron chi connectivity index (χ2n) is 6.53. The second-order valence-corrected chi connectivity index (χ2v) is 6.53. The van der Waals surface area contributed by atoms with E-state index in [-0.39, 0.29) is 18.6 Å². The van der Waals surface area contributed by atoms with Gasteiger partial charge in [-0.2, -0.15) is 0 Å². The number of amides is 1. The van der Waals surface area contributed by atoms with Crippen LogP contribution in [0.15, 0.2) is 0 Å². The molecule has 116 valence electrons. The first-order chi connectivity index (χ1) is 9.70. The Balaban J connectivity index is 1.76. The highest BCUT2D eigenvalue weighted by Gasteiger charge is 2.27. The van der Waals surface area contributed by atoms with E-state index in [0.717, 1.165) is 38.8 Å². The minimum absolute atomic E-state index is 0.0297. The molecule has 2 N–H and O–H groups in total. The van der Waals surface area contributed by atoms with E-state index in [9.17, 15) is 9.90 Å². The number of nitrogens with zero attached hydrogens (tertiary/aromatic N) is 1. The normalized spacial score (nSPS) is 25.1. The van der Waals surface area contributed by atoms with Crippen molar-refractivity contribution in [3.8, 4) is 0 Å². The number of hydrogen-bond donors (Lipinski definition) is 2. The maximum Gasteiger partial charge on any atom is 0.237 e. The SMILES string of the molecule is C[C@H](C(=O)NC1CCCCCC1)N1CCC(CO)CC1. The van der Waals surface area contributed by atoms with Crippen molar-refractivity contribution < 1.29 is 9.90 Å². The molecule has 4 nitrogen and oxygen atoms in total. The number of aliphatic hydroxyl groups excluding tert-OH is 1. The number of nitrogens with one attached hydrogen (secondary N) is 1. The predicted octanol–water partition coefficient (Wildman–Crippen LogP) is 1.92. The van der Waals surface area contributed by atoms with Crippen molar-refractivity contribution in [2.24, 2.45) is 5.92 Å². The summed E-state index contributed by atoms with van der Waals surface area (Å²) in [5, 5.41) is 12.4. The summed E-state index contributed by atoms with van der Waals surface area (Å²) in [6, 6.07) is 0.361. The first-order valence-corrected chi connectivity index (χ1v) is 8.36. The second kappa shape index (κ2) is 7.99. The third kappa shape index (κ3) is 4.45. The number of likely N-dealkylation sites (tertiary alicyclic amines) is 1. The molecular weight excluding hydrogens is 252 g/mol. The molecule has 1 aliphatic carbocycles. The molecule has 0 aromatic rings. The summed E-state index contributed by atoms with van der Waals surface area (Å²) in [4.78, 5) is 14.6. The lowest BCUT2D eigenvalue weighted by molar-refractivity contribution is -0.127. The maximum atomic E-state index is 12.4. The van der Waals surface area contributed by atoms with E-state index in [1.807, 2.05) is 6.92 Å². The topological polar surface area (TPSA) is 52.6 Å². The van der Waals surface area contributed by atoms with Gasteiger partial charge >= 0.3 is 0 Å². The Morgan fingerprint density at radius 2 is 1.75 bits per heavy atom. The number of piperidine rings is 1. The van der Waals surface area contributed by atoms with Crippen molar-refractivity contribution in [2.75, 3.05) is 19.7 Å². The molecule has 2 fully saturated rings. The lowest BCUT2D eigenvalue weighted by atomic mass is 9.96. The summed E-state index contributed by atoms with van der Waals surface area (Å²) >= 11 is 0. The van der Waals surface area contributed by atoms with Crippen LogP contribution in [0.4, 0.5) is 0 Å². The van der Waals surface area contributed by atoms with Gasteiger partial charge in [-0.3, -0.25) is 9.69 Å². The molecular formula is C16H30N2O2. The number of aliphatic hydroxyl groups is 1. The highest BCUT2D eigenvalue weighted by atomic mass is 16.3. The number of hydrogen-bond acceptors (Lipinski definition) is 3. The monoisotopic (exact) mass is 282 g/mol. The predicted molar refractivity (Wildman–Crippen MR) is 80.5 cm³/mol. The highest BCUT2D eigenvalue weighted by molar-refractivity contribution is 5.81. The minimum Gasteiger partial charge on any atom is -0.396 e. The largest absolute Gasteiger partial charge is 0.396 e. The fourth-order valence-corrected chi connectivity index (χ4v) is 3.43. The summed E-state index contributed by atoms with van der Waals surface area (Å²) < 4.78 is 0. The average Bonchev–Trinajstić information content (AvgIpc) is 2.75. The zero-order valence-electron chi connectivity index (χ0n) is 12.8. The Bertz CT molecular complexity index is 293. The van der Waals surface area contributed by atoms with Crippen molar-refractivity contribution in [1.82, 2.24) is 10.2 Å². The highest BCUT2D eigenvalue weighted by Crippen LogP contribution is 2.20. The zero-order chi connectivity index (χ0) is 14.4. The number of carbonyl (C=O) groups excluding carboxylic acids is 1. The third-order valence-corrected chi connectivity index (χ3v) is 5.04. The van der Waals surface area contributed by atoms with Gasteiger partial charge in [0.2, 0.25) is 5.91 Å². The third-order valence-electron chi connectivity index (χ3n) is 5.04. The van der Waals surface area contributed by atoms with Crippen LogP contribution in [0.1, 0.15) is 58.3 Å².